The van der Waals surface area contributed by atoms with Crippen LogP contribution in [0.1, 0.15) is 0 Å². The van der Waals surface area contributed by atoms with E-state index < -0.39 is 0 Å². The Kier molecular flexibility index (Phi) is 70.4. The van der Waals surface area contributed by atoms with Gasteiger partial charge in [-0.05, 0) is 0 Å². The van der Waals surface area contributed by atoms with Crippen molar-refractivity contribution in [3.8, 4) is 0 Å². The van der Waals surface area contributed by atoms with Crippen molar-refractivity contribution in [1.82, 2.24) is 0 Å². The molecule has 1 nitrogen and oxygen atoms in total. The average Bonchev–Trinajstić information content (AvgIpc) is 0.918. The molecular weight excluding hydrogens is 141 g/mol. The van der Waals surface area contributed by atoms with E-state index in [1.165, 1.54) is 0 Å². The van der Waals surface area contributed by atoms with E-state index in [1.54, 1.807) is 14.2 Å². The van der Waals surface area contributed by atoms with Gasteiger partial charge in [0.15, 0.2) is 0 Å². The van der Waals surface area contributed by atoms with Gasteiger partial charge >= 0.3 is 19.5 Å². The minimum absolute atomic E-state index is 0. The Morgan fingerprint density at radius 3 is 1.20 bits per heavy atom. The van der Waals surface area contributed by atoms with Gasteiger partial charge in [-0.1, -0.05) is 0 Å². The first-order valence-electron chi connectivity index (χ1n) is 0.816. The second-order valence-corrected chi connectivity index (χ2v) is 0.408. The largest absolute Gasteiger partial charge is 2.00 e. The maximum absolute atomic E-state index is 4.25. The van der Waals surface area contributed by atoms with Crippen LogP contribution in [0.25, 0.3) is 0 Å². The molecule has 0 aromatic carbocycles. The Hall–Kier alpha value is 0.873. The summed E-state index contributed by atoms with van der Waals surface area (Å²) in [5.41, 5.74) is 0. The SMILES string of the molecule is COC.[Cl-].[Zn+2]. The third kappa shape index (κ3) is 52.7. The summed E-state index contributed by atoms with van der Waals surface area (Å²) in [6.45, 7) is 0. The smallest absolute Gasteiger partial charge is 1.00 e. The molecule has 0 aliphatic carbocycles. The van der Waals surface area contributed by atoms with Gasteiger partial charge in [0, 0.05) is 14.2 Å². The summed E-state index contributed by atoms with van der Waals surface area (Å²) in [5.74, 6) is 0. The van der Waals surface area contributed by atoms with Gasteiger partial charge in [0.1, 0.15) is 0 Å². The van der Waals surface area contributed by atoms with Crippen molar-refractivity contribution in [2.75, 3.05) is 14.2 Å². The molecule has 0 aromatic heterocycles. The average molecular weight is 147 g/mol. The number of halogens is 1. The van der Waals surface area contributed by atoms with E-state index in [9.17, 15) is 0 Å². The van der Waals surface area contributed by atoms with E-state index >= 15 is 0 Å². The van der Waals surface area contributed by atoms with Gasteiger partial charge in [0.05, 0.1) is 0 Å². The van der Waals surface area contributed by atoms with Crippen molar-refractivity contribution in [2.24, 2.45) is 0 Å². The Morgan fingerprint density at radius 2 is 1.20 bits per heavy atom. The van der Waals surface area contributed by atoms with Crippen LogP contribution in [-0.4, -0.2) is 14.2 Å². The van der Waals surface area contributed by atoms with E-state index in [1.807, 2.05) is 0 Å². The van der Waals surface area contributed by atoms with Crippen LogP contribution in [-0.2, 0) is 24.2 Å². The summed E-state index contributed by atoms with van der Waals surface area (Å²) in [4.78, 5) is 0. The number of hydrogen-bond donors (Lipinski definition) is 0. The molecule has 0 rings (SSSR count). The van der Waals surface area contributed by atoms with Crippen LogP contribution in [0.15, 0.2) is 0 Å². The predicted octanol–water partition coefficient (Wildman–Crippen LogP) is -2.74. The zero-order valence-corrected chi connectivity index (χ0v) is 7.22. The Morgan fingerprint density at radius 1 is 1.20 bits per heavy atom. The number of hydrogen-bond acceptors (Lipinski definition) is 1. The van der Waals surface area contributed by atoms with Crippen molar-refractivity contribution in [1.29, 1.82) is 0 Å². The number of rotatable bonds is 0. The second kappa shape index (κ2) is 20.8. The molecule has 0 amide bonds. The summed E-state index contributed by atoms with van der Waals surface area (Å²) >= 11 is 0. The summed E-state index contributed by atoms with van der Waals surface area (Å²) in [6, 6.07) is 0. The van der Waals surface area contributed by atoms with Crippen LogP contribution < -0.4 is 12.4 Å². The fourth-order valence-corrected chi connectivity index (χ4v) is 0. The van der Waals surface area contributed by atoms with Crippen molar-refractivity contribution < 1.29 is 36.6 Å². The molecule has 0 N–H and O–H groups in total. The Bertz CT molecular complexity index is 9.61. The van der Waals surface area contributed by atoms with Gasteiger partial charge in [-0.2, -0.15) is 0 Å². The molecule has 0 saturated carbocycles. The third-order valence-electron chi connectivity index (χ3n) is 0. The van der Waals surface area contributed by atoms with Crippen LogP contribution in [0.4, 0.5) is 0 Å². The summed E-state index contributed by atoms with van der Waals surface area (Å²) in [7, 11) is 3.25. The molecule has 28 valence electrons. The quantitative estimate of drug-likeness (QED) is 0.338. The van der Waals surface area contributed by atoms with Gasteiger partial charge in [0.2, 0.25) is 0 Å². The van der Waals surface area contributed by atoms with E-state index in [4.69, 9.17) is 0 Å². The molecule has 0 heterocycles. The van der Waals surface area contributed by atoms with Gasteiger partial charge in [0.25, 0.3) is 0 Å². The van der Waals surface area contributed by atoms with Crippen LogP contribution in [0.3, 0.4) is 0 Å². The second-order valence-electron chi connectivity index (χ2n) is 0.408. The third-order valence-corrected chi connectivity index (χ3v) is 0. The molecule has 0 unspecified atom stereocenters. The monoisotopic (exact) mass is 145 g/mol. The van der Waals surface area contributed by atoms with E-state index in [0.717, 1.165) is 0 Å². The van der Waals surface area contributed by atoms with E-state index in [-0.39, 0.29) is 31.9 Å². The van der Waals surface area contributed by atoms with Gasteiger partial charge < -0.3 is 17.1 Å². The van der Waals surface area contributed by atoms with Crippen LogP contribution in [0, 0.1) is 0 Å². The zero-order valence-electron chi connectivity index (χ0n) is 3.49. The molecule has 0 saturated heterocycles. The molecular formula is C2H6ClOZn+. The predicted molar refractivity (Wildman–Crippen MR) is 12.9 cm³/mol. The van der Waals surface area contributed by atoms with Crippen molar-refractivity contribution in [2.45, 2.75) is 0 Å². The maximum Gasteiger partial charge on any atom is 2.00 e. The molecule has 0 spiro atoms. The molecule has 0 radical (unpaired) electrons. The molecule has 0 bridgehead atoms. The normalized spacial score (nSPS) is 3.60. The molecule has 3 heteroatoms. The topological polar surface area (TPSA) is 9.23 Å². The Labute approximate surface area is 51.3 Å². The number of ether oxygens (including phenoxy) is 1. The zero-order chi connectivity index (χ0) is 2.71. The maximum atomic E-state index is 4.25. The minimum atomic E-state index is 0. The summed E-state index contributed by atoms with van der Waals surface area (Å²) < 4.78 is 4.25. The van der Waals surface area contributed by atoms with Gasteiger partial charge in [-0.3, -0.25) is 0 Å². The first kappa shape index (κ1) is 16.9. The van der Waals surface area contributed by atoms with Gasteiger partial charge in [-0.25, -0.2) is 0 Å². The van der Waals surface area contributed by atoms with Crippen molar-refractivity contribution >= 4 is 0 Å². The van der Waals surface area contributed by atoms with E-state index in [2.05, 4.69) is 4.74 Å². The fraction of sp³-hybridized carbons (Fsp3) is 1.00. The fourth-order valence-electron chi connectivity index (χ4n) is 0. The molecule has 0 atom stereocenters. The Balaban J connectivity index is -0.0000000200. The van der Waals surface area contributed by atoms with Crippen molar-refractivity contribution in [3.05, 3.63) is 0 Å². The molecule has 0 aromatic rings. The van der Waals surface area contributed by atoms with Crippen LogP contribution in [0.5, 0.6) is 0 Å². The minimum Gasteiger partial charge on any atom is -1.00 e. The number of methoxy groups -OCH3 is 1. The first-order valence-corrected chi connectivity index (χ1v) is 0.816. The standard InChI is InChI=1S/C2H6O.ClH.Zn/c1-3-2;;/h1-2H3;1H;/q;;+2/p-1. The van der Waals surface area contributed by atoms with Crippen LogP contribution in [0.2, 0.25) is 0 Å². The first-order chi connectivity index (χ1) is 1.41. The summed E-state index contributed by atoms with van der Waals surface area (Å²) in [6.07, 6.45) is 0. The molecule has 0 aliphatic rings. The molecule has 0 fully saturated rings. The van der Waals surface area contributed by atoms with Gasteiger partial charge in [-0.15, -0.1) is 0 Å². The molecule has 0 aliphatic heterocycles. The van der Waals surface area contributed by atoms with E-state index in [0.29, 0.717) is 0 Å². The van der Waals surface area contributed by atoms with Crippen molar-refractivity contribution in [3.63, 3.8) is 0 Å². The summed E-state index contributed by atoms with van der Waals surface area (Å²) in [5, 5.41) is 0. The molecule has 5 heavy (non-hydrogen) atoms. The van der Waals surface area contributed by atoms with Crippen LogP contribution >= 0.6 is 0 Å².